The Morgan fingerprint density at radius 1 is 1.40 bits per heavy atom. The van der Waals surface area contributed by atoms with Crippen LogP contribution in [-0.2, 0) is 5.33 Å². The second-order valence-corrected chi connectivity index (χ2v) is 3.31. The van der Waals surface area contributed by atoms with Gasteiger partial charge in [-0.05, 0) is 12.1 Å². The number of hydrogen-bond donors (Lipinski definition) is 0. The number of rotatable bonds is 4. The van der Waals surface area contributed by atoms with E-state index in [1.54, 1.807) is 0 Å². The van der Waals surface area contributed by atoms with Crippen molar-refractivity contribution in [2.24, 2.45) is 0 Å². The summed E-state index contributed by atoms with van der Waals surface area (Å²) in [4.78, 5) is 10.8. The highest BCUT2D eigenvalue weighted by atomic mass is 79.9. The van der Waals surface area contributed by atoms with E-state index in [0.29, 0.717) is 22.4 Å². The summed E-state index contributed by atoms with van der Waals surface area (Å²) in [6.45, 7) is 0. The van der Waals surface area contributed by atoms with Crippen molar-refractivity contribution in [1.29, 1.82) is 0 Å². The first-order valence-corrected chi connectivity index (χ1v) is 5.29. The molecule has 0 radical (unpaired) electrons. The molecule has 1 aromatic rings. The molecule has 0 heterocycles. The molecule has 0 saturated carbocycles. The Morgan fingerprint density at radius 3 is 2.47 bits per heavy atom. The summed E-state index contributed by atoms with van der Waals surface area (Å²) in [5, 5.41) is 11.2. The SMILES string of the molecule is COc1ccc(C(=O)[O-])c(CBr)c1OC. The van der Waals surface area contributed by atoms with Gasteiger partial charge in [0.2, 0.25) is 0 Å². The van der Waals surface area contributed by atoms with Crippen LogP contribution in [0.25, 0.3) is 0 Å². The average Bonchev–Trinajstić information content (AvgIpc) is 2.26. The molecule has 0 atom stereocenters. The largest absolute Gasteiger partial charge is 0.545 e. The number of carbonyl (C=O) groups excluding carboxylic acids is 1. The van der Waals surface area contributed by atoms with Crippen molar-refractivity contribution in [2.45, 2.75) is 5.33 Å². The second-order valence-electron chi connectivity index (χ2n) is 2.75. The number of methoxy groups -OCH3 is 2. The van der Waals surface area contributed by atoms with E-state index < -0.39 is 5.97 Å². The van der Waals surface area contributed by atoms with E-state index in [4.69, 9.17) is 9.47 Å². The lowest BCUT2D eigenvalue weighted by Gasteiger charge is -2.15. The van der Waals surface area contributed by atoms with Gasteiger partial charge in [0.15, 0.2) is 11.5 Å². The van der Waals surface area contributed by atoms with Crippen LogP contribution in [0.3, 0.4) is 0 Å². The second kappa shape index (κ2) is 5.02. The molecule has 0 aromatic heterocycles. The Morgan fingerprint density at radius 2 is 2.07 bits per heavy atom. The zero-order valence-corrected chi connectivity index (χ0v) is 9.96. The highest BCUT2D eigenvalue weighted by Gasteiger charge is 2.14. The molecule has 0 unspecified atom stereocenters. The van der Waals surface area contributed by atoms with Crippen molar-refractivity contribution in [3.63, 3.8) is 0 Å². The van der Waals surface area contributed by atoms with Crippen molar-refractivity contribution >= 4 is 21.9 Å². The molecule has 1 rings (SSSR count). The number of hydrogen-bond acceptors (Lipinski definition) is 4. The van der Waals surface area contributed by atoms with Gasteiger partial charge in [0.1, 0.15) is 0 Å². The molecule has 0 spiro atoms. The molecule has 0 aliphatic rings. The van der Waals surface area contributed by atoms with Crippen LogP contribution in [0.1, 0.15) is 15.9 Å². The van der Waals surface area contributed by atoms with Crippen LogP contribution in [0.2, 0.25) is 0 Å². The van der Waals surface area contributed by atoms with Gasteiger partial charge in [0.25, 0.3) is 0 Å². The Bertz CT molecular complexity index is 376. The third-order valence-electron chi connectivity index (χ3n) is 2.00. The summed E-state index contributed by atoms with van der Waals surface area (Å²) in [6.07, 6.45) is 0. The van der Waals surface area contributed by atoms with Gasteiger partial charge in [0, 0.05) is 16.5 Å². The van der Waals surface area contributed by atoms with Gasteiger partial charge in [0.05, 0.1) is 20.2 Å². The lowest BCUT2D eigenvalue weighted by atomic mass is 10.1. The quantitative estimate of drug-likeness (QED) is 0.767. The zero-order valence-electron chi connectivity index (χ0n) is 8.37. The third kappa shape index (κ3) is 2.23. The van der Waals surface area contributed by atoms with Gasteiger partial charge in [-0.15, -0.1) is 0 Å². The predicted octanol–water partition coefficient (Wildman–Crippen LogP) is 0.962. The van der Waals surface area contributed by atoms with Crippen molar-refractivity contribution in [2.75, 3.05) is 14.2 Å². The maximum atomic E-state index is 10.8. The van der Waals surface area contributed by atoms with E-state index >= 15 is 0 Å². The van der Waals surface area contributed by atoms with Gasteiger partial charge >= 0.3 is 0 Å². The number of benzene rings is 1. The van der Waals surface area contributed by atoms with E-state index in [1.165, 1.54) is 26.4 Å². The van der Waals surface area contributed by atoms with E-state index in [-0.39, 0.29) is 5.56 Å². The molecule has 5 heteroatoms. The van der Waals surface area contributed by atoms with Gasteiger partial charge in [-0.3, -0.25) is 0 Å². The van der Waals surface area contributed by atoms with Gasteiger partial charge < -0.3 is 19.4 Å². The fourth-order valence-electron chi connectivity index (χ4n) is 1.31. The minimum Gasteiger partial charge on any atom is -0.545 e. The molecule has 0 amide bonds. The molecule has 0 bridgehead atoms. The smallest absolute Gasteiger partial charge is 0.165 e. The van der Waals surface area contributed by atoms with E-state index in [9.17, 15) is 9.90 Å². The highest BCUT2D eigenvalue weighted by Crippen LogP contribution is 2.34. The predicted molar refractivity (Wildman–Crippen MR) is 56.5 cm³/mol. The van der Waals surface area contributed by atoms with Gasteiger partial charge in [-0.1, -0.05) is 15.9 Å². The molecule has 0 fully saturated rings. The van der Waals surface area contributed by atoms with Crippen molar-refractivity contribution in [1.82, 2.24) is 0 Å². The minimum atomic E-state index is -1.23. The Kier molecular flexibility index (Phi) is 3.96. The summed E-state index contributed by atoms with van der Waals surface area (Å²) in [7, 11) is 2.96. The van der Waals surface area contributed by atoms with Crippen LogP contribution in [-0.4, -0.2) is 20.2 Å². The zero-order chi connectivity index (χ0) is 11.4. The Hall–Kier alpha value is -1.23. The number of carboxylic acid groups (broad SMARTS) is 1. The standard InChI is InChI=1S/C10H11BrO4/c1-14-8-4-3-6(10(12)13)7(5-11)9(8)15-2/h3-4H,5H2,1-2H3,(H,12,13)/p-1. The number of aromatic carboxylic acids is 1. The maximum Gasteiger partial charge on any atom is 0.165 e. The van der Waals surface area contributed by atoms with Crippen LogP contribution in [0.4, 0.5) is 0 Å². The molecule has 0 saturated heterocycles. The van der Waals surface area contributed by atoms with Crippen molar-refractivity contribution < 1.29 is 19.4 Å². The lowest BCUT2D eigenvalue weighted by molar-refractivity contribution is -0.255. The van der Waals surface area contributed by atoms with Crippen LogP contribution in [0, 0.1) is 0 Å². The van der Waals surface area contributed by atoms with Crippen LogP contribution >= 0.6 is 15.9 Å². The fourth-order valence-corrected chi connectivity index (χ4v) is 1.87. The van der Waals surface area contributed by atoms with Crippen LogP contribution in [0.15, 0.2) is 12.1 Å². The first-order valence-electron chi connectivity index (χ1n) is 4.16. The normalized spacial score (nSPS) is 9.80. The van der Waals surface area contributed by atoms with Gasteiger partial charge in [-0.25, -0.2) is 0 Å². The molecular formula is C10H10BrO4-. The molecule has 82 valence electrons. The maximum absolute atomic E-state index is 10.8. The summed E-state index contributed by atoms with van der Waals surface area (Å²) in [5.74, 6) is -0.321. The van der Waals surface area contributed by atoms with E-state index in [1.807, 2.05) is 0 Å². The van der Waals surface area contributed by atoms with Crippen molar-refractivity contribution in [3.05, 3.63) is 23.3 Å². The molecular weight excluding hydrogens is 264 g/mol. The lowest BCUT2D eigenvalue weighted by Crippen LogP contribution is -2.23. The number of alkyl halides is 1. The molecule has 0 aliphatic heterocycles. The van der Waals surface area contributed by atoms with Crippen LogP contribution < -0.4 is 14.6 Å². The molecule has 0 aliphatic carbocycles. The van der Waals surface area contributed by atoms with E-state index in [2.05, 4.69) is 15.9 Å². The molecule has 15 heavy (non-hydrogen) atoms. The average molecular weight is 274 g/mol. The number of halogens is 1. The fraction of sp³-hybridized carbons (Fsp3) is 0.300. The summed E-state index contributed by atoms with van der Waals surface area (Å²) in [6, 6.07) is 2.98. The number of carbonyl (C=O) groups is 1. The van der Waals surface area contributed by atoms with Crippen molar-refractivity contribution in [3.8, 4) is 11.5 Å². The summed E-state index contributed by atoms with van der Waals surface area (Å²) >= 11 is 3.20. The van der Waals surface area contributed by atoms with Crippen LogP contribution in [0.5, 0.6) is 11.5 Å². The minimum absolute atomic E-state index is 0.101. The number of carboxylic acids is 1. The third-order valence-corrected chi connectivity index (χ3v) is 2.56. The highest BCUT2D eigenvalue weighted by molar-refractivity contribution is 9.08. The monoisotopic (exact) mass is 273 g/mol. The first-order chi connectivity index (χ1) is 7.15. The molecule has 0 N–H and O–H groups in total. The topological polar surface area (TPSA) is 58.6 Å². The molecule has 1 aromatic carbocycles. The number of ether oxygens (including phenoxy) is 2. The first kappa shape index (κ1) is 11.8. The Labute approximate surface area is 95.9 Å². The molecule has 4 nitrogen and oxygen atoms in total. The van der Waals surface area contributed by atoms with Gasteiger partial charge in [-0.2, -0.15) is 0 Å². The summed E-state index contributed by atoms with van der Waals surface area (Å²) < 4.78 is 10.2. The Balaban J connectivity index is 3.40. The van der Waals surface area contributed by atoms with E-state index in [0.717, 1.165) is 0 Å². The summed E-state index contributed by atoms with van der Waals surface area (Å²) in [5.41, 5.74) is 0.612.